The Bertz CT molecular complexity index is 964. The largest absolute Gasteiger partial charge is 0.326 e. The average Bonchev–Trinajstić information content (AvgIpc) is 2.99. The Labute approximate surface area is 141 Å². The van der Waals surface area contributed by atoms with E-state index < -0.39 is 10.0 Å². The SMILES string of the molecule is O=S(=O)(CCc1ccccc1)N1CCn2c(nc3ccccc32)C1. The number of sulfonamides is 1. The molecule has 4 rings (SSSR count). The van der Waals surface area contributed by atoms with Crippen LogP contribution in [0.1, 0.15) is 11.4 Å². The first-order valence-electron chi connectivity index (χ1n) is 8.09. The number of hydrogen-bond donors (Lipinski definition) is 0. The fourth-order valence-corrected chi connectivity index (χ4v) is 4.63. The molecule has 1 aliphatic rings. The smallest absolute Gasteiger partial charge is 0.214 e. The fraction of sp³-hybridized carbons (Fsp3) is 0.278. The summed E-state index contributed by atoms with van der Waals surface area (Å²) < 4.78 is 29.0. The third-order valence-electron chi connectivity index (χ3n) is 4.51. The Morgan fingerprint density at radius 1 is 0.958 bits per heavy atom. The van der Waals surface area contributed by atoms with E-state index in [4.69, 9.17) is 0 Å². The minimum atomic E-state index is -3.28. The number of fused-ring (bicyclic) bond motifs is 3. The van der Waals surface area contributed by atoms with Gasteiger partial charge in [-0.3, -0.25) is 0 Å². The van der Waals surface area contributed by atoms with Crippen molar-refractivity contribution in [3.8, 4) is 0 Å². The maximum Gasteiger partial charge on any atom is 0.214 e. The van der Waals surface area contributed by atoms with Gasteiger partial charge >= 0.3 is 0 Å². The number of aromatic nitrogens is 2. The molecule has 1 aliphatic heterocycles. The lowest BCUT2D eigenvalue weighted by Crippen LogP contribution is -2.39. The van der Waals surface area contributed by atoms with Gasteiger partial charge in [0.25, 0.3) is 0 Å². The molecule has 5 nitrogen and oxygen atoms in total. The highest BCUT2D eigenvalue weighted by Crippen LogP contribution is 2.22. The molecule has 0 fully saturated rings. The fourth-order valence-electron chi connectivity index (χ4n) is 3.20. The van der Waals surface area contributed by atoms with Crippen molar-refractivity contribution in [2.24, 2.45) is 0 Å². The van der Waals surface area contributed by atoms with Gasteiger partial charge in [-0.05, 0) is 24.1 Å². The molecule has 0 aliphatic carbocycles. The van der Waals surface area contributed by atoms with Crippen LogP contribution in [0, 0.1) is 0 Å². The van der Waals surface area contributed by atoms with E-state index in [-0.39, 0.29) is 5.75 Å². The number of imidazole rings is 1. The van der Waals surface area contributed by atoms with E-state index in [9.17, 15) is 8.42 Å². The average molecular weight is 341 g/mol. The second kappa shape index (κ2) is 6.03. The summed E-state index contributed by atoms with van der Waals surface area (Å²) in [6, 6.07) is 17.7. The van der Waals surface area contributed by atoms with Crippen molar-refractivity contribution in [1.29, 1.82) is 0 Å². The van der Waals surface area contributed by atoms with Gasteiger partial charge in [0.2, 0.25) is 10.0 Å². The van der Waals surface area contributed by atoms with Crippen molar-refractivity contribution in [2.75, 3.05) is 12.3 Å². The maximum absolute atomic E-state index is 12.7. The first kappa shape index (κ1) is 15.4. The quantitative estimate of drug-likeness (QED) is 0.732. The van der Waals surface area contributed by atoms with Gasteiger partial charge in [0.1, 0.15) is 5.82 Å². The zero-order chi connectivity index (χ0) is 16.6. The molecule has 0 atom stereocenters. The highest BCUT2D eigenvalue weighted by molar-refractivity contribution is 7.89. The van der Waals surface area contributed by atoms with Crippen LogP contribution in [0.4, 0.5) is 0 Å². The summed E-state index contributed by atoms with van der Waals surface area (Å²) in [5.74, 6) is 0.961. The Morgan fingerprint density at radius 2 is 1.71 bits per heavy atom. The van der Waals surface area contributed by atoms with Crippen molar-refractivity contribution >= 4 is 21.1 Å². The highest BCUT2D eigenvalue weighted by Gasteiger charge is 2.28. The van der Waals surface area contributed by atoms with Crippen molar-refractivity contribution in [2.45, 2.75) is 19.5 Å². The van der Waals surface area contributed by atoms with Crippen LogP contribution in [0.2, 0.25) is 0 Å². The van der Waals surface area contributed by atoms with Crippen molar-refractivity contribution in [1.82, 2.24) is 13.9 Å². The van der Waals surface area contributed by atoms with Crippen LogP contribution in [0.5, 0.6) is 0 Å². The summed E-state index contributed by atoms with van der Waals surface area (Å²) in [5.41, 5.74) is 3.05. The van der Waals surface area contributed by atoms with Gasteiger partial charge in [0.05, 0.1) is 23.3 Å². The molecule has 0 N–H and O–H groups in total. The van der Waals surface area contributed by atoms with E-state index in [1.165, 1.54) is 0 Å². The highest BCUT2D eigenvalue weighted by atomic mass is 32.2. The molecule has 24 heavy (non-hydrogen) atoms. The topological polar surface area (TPSA) is 55.2 Å². The summed E-state index contributed by atoms with van der Waals surface area (Å²) in [6.45, 7) is 1.51. The van der Waals surface area contributed by atoms with Gasteiger partial charge in [-0.25, -0.2) is 13.4 Å². The van der Waals surface area contributed by atoms with Crippen LogP contribution < -0.4 is 0 Å². The molecular formula is C18H19N3O2S. The molecule has 1 aromatic heterocycles. The molecular weight excluding hydrogens is 322 g/mol. The molecule has 0 bridgehead atoms. The van der Waals surface area contributed by atoms with Crippen LogP contribution in [0.3, 0.4) is 0 Å². The van der Waals surface area contributed by atoms with Crippen molar-refractivity contribution < 1.29 is 8.42 Å². The van der Waals surface area contributed by atoms with Gasteiger partial charge in [0.15, 0.2) is 0 Å². The molecule has 0 saturated carbocycles. The second-order valence-electron chi connectivity index (χ2n) is 6.05. The predicted molar refractivity (Wildman–Crippen MR) is 94.1 cm³/mol. The van der Waals surface area contributed by atoms with Crippen LogP contribution in [-0.2, 0) is 29.5 Å². The first-order chi connectivity index (χ1) is 11.6. The van der Waals surface area contributed by atoms with Gasteiger partial charge in [0, 0.05) is 13.1 Å². The van der Waals surface area contributed by atoms with E-state index >= 15 is 0 Å². The lowest BCUT2D eigenvalue weighted by Gasteiger charge is -2.27. The molecule has 0 saturated heterocycles. The Kier molecular flexibility index (Phi) is 3.86. The molecule has 3 aromatic rings. The van der Waals surface area contributed by atoms with Gasteiger partial charge < -0.3 is 4.57 Å². The van der Waals surface area contributed by atoms with Gasteiger partial charge in [-0.1, -0.05) is 42.5 Å². The lowest BCUT2D eigenvalue weighted by molar-refractivity contribution is 0.339. The van der Waals surface area contributed by atoms with E-state index in [0.29, 0.717) is 26.1 Å². The van der Waals surface area contributed by atoms with Crippen LogP contribution in [0.25, 0.3) is 11.0 Å². The van der Waals surface area contributed by atoms with E-state index in [2.05, 4.69) is 9.55 Å². The van der Waals surface area contributed by atoms with E-state index in [1.54, 1.807) is 4.31 Å². The number of nitrogens with zero attached hydrogens (tertiary/aromatic N) is 3. The molecule has 0 unspecified atom stereocenters. The Hall–Kier alpha value is -2.18. The Balaban J connectivity index is 1.53. The molecule has 2 heterocycles. The van der Waals surface area contributed by atoms with Crippen LogP contribution in [-0.4, -0.2) is 34.6 Å². The van der Waals surface area contributed by atoms with Gasteiger partial charge in [-0.2, -0.15) is 4.31 Å². The molecule has 6 heteroatoms. The first-order valence-corrected chi connectivity index (χ1v) is 9.70. The molecule has 0 spiro atoms. The normalized spacial score (nSPS) is 15.5. The summed E-state index contributed by atoms with van der Waals surface area (Å²) in [5, 5.41) is 0. The minimum absolute atomic E-state index is 0.136. The third-order valence-corrected chi connectivity index (χ3v) is 6.33. The number of aryl methyl sites for hydroxylation is 1. The number of hydrogen-bond acceptors (Lipinski definition) is 3. The molecule has 2 aromatic carbocycles. The van der Waals surface area contributed by atoms with E-state index in [1.807, 2.05) is 54.6 Å². The van der Waals surface area contributed by atoms with Crippen molar-refractivity contribution in [3.63, 3.8) is 0 Å². The molecule has 0 amide bonds. The van der Waals surface area contributed by atoms with Gasteiger partial charge in [-0.15, -0.1) is 0 Å². The van der Waals surface area contributed by atoms with E-state index in [0.717, 1.165) is 22.4 Å². The summed E-state index contributed by atoms with van der Waals surface area (Å²) in [7, 11) is -3.28. The number of rotatable bonds is 4. The summed E-state index contributed by atoms with van der Waals surface area (Å²) in [6.07, 6.45) is 0.538. The number of para-hydroxylation sites is 2. The number of benzene rings is 2. The second-order valence-corrected chi connectivity index (χ2v) is 8.14. The van der Waals surface area contributed by atoms with Crippen molar-refractivity contribution in [3.05, 3.63) is 66.0 Å². The third kappa shape index (κ3) is 2.83. The molecule has 124 valence electrons. The molecule has 0 radical (unpaired) electrons. The standard InChI is InChI=1S/C18H19N3O2S/c22-24(23,13-10-15-6-2-1-3-7-15)20-11-12-21-17-9-5-4-8-16(17)19-18(21)14-20/h1-9H,10-14H2. The Morgan fingerprint density at radius 3 is 2.54 bits per heavy atom. The zero-order valence-corrected chi connectivity index (χ0v) is 14.1. The predicted octanol–water partition coefficient (Wildman–Crippen LogP) is 2.42. The maximum atomic E-state index is 12.7. The monoisotopic (exact) mass is 341 g/mol. The van der Waals surface area contributed by atoms with Crippen LogP contribution in [0.15, 0.2) is 54.6 Å². The minimum Gasteiger partial charge on any atom is -0.326 e. The van der Waals surface area contributed by atoms with Crippen LogP contribution >= 0.6 is 0 Å². The zero-order valence-electron chi connectivity index (χ0n) is 13.3. The lowest BCUT2D eigenvalue weighted by atomic mass is 10.2. The summed E-state index contributed by atoms with van der Waals surface area (Å²) >= 11 is 0. The summed E-state index contributed by atoms with van der Waals surface area (Å²) in [4.78, 5) is 4.59.